The second-order valence-corrected chi connectivity index (χ2v) is 3.38. The number of nitrogens with two attached hydrogens (primary N) is 1. The van der Waals surface area contributed by atoms with Crippen molar-refractivity contribution in [2.75, 3.05) is 23.7 Å². The van der Waals surface area contributed by atoms with Gasteiger partial charge in [-0.3, -0.25) is 10.1 Å². The Balaban J connectivity index is 2.45. The Morgan fingerprint density at radius 1 is 1.40 bits per heavy atom. The fourth-order valence-corrected chi connectivity index (χ4v) is 1.72. The topological polar surface area (TPSA) is 98.2 Å². The number of nitro groups is 1. The predicted molar refractivity (Wildman–Crippen MR) is 54.5 cm³/mol. The van der Waals surface area contributed by atoms with Crippen LogP contribution in [-0.2, 0) is 0 Å². The highest BCUT2D eigenvalue weighted by Crippen LogP contribution is 2.31. The van der Waals surface area contributed by atoms with Crippen molar-refractivity contribution in [3.05, 3.63) is 16.4 Å². The summed E-state index contributed by atoms with van der Waals surface area (Å²) in [4.78, 5) is 19.7. The zero-order chi connectivity index (χ0) is 10.8. The van der Waals surface area contributed by atoms with E-state index in [-0.39, 0.29) is 11.5 Å². The van der Waals surface area contributed by atoms with E-state index in [1.807, 2.05) is 4.90 Å². The van der Waals surface area contributed by atoms with Crippen molar-refractivity contribution >= 4 is 17.3 Å². The van der Waals surface area contributed by atoms with E-state index in [1.54, 1.807) is 0 Å². The quantitative estimate of drug-likeness (QED) is 0.564. The third-order valence-electron chi connectivity index (χ3n) is 2.42. The van der Waals surface area contributed by atoms with Gasteiger partial charge in [0.05, 0.1) is 4.92 Å². The highest BCUT2D eigenvalue weighted by atomic mass is 16.6. The lowest BCUT2D eigenvalue weighted by atomic mass is 10.4. The van der Waals surface area contributed by atoms with Crippen LogP contribution in [0, 0.1) is 10.1 Å². The third kappa shape index (κ3) is 1.67. The van der Waals surface area contributed by atoms with Crippen LogP contribution in [-0.4, -0.2) is 28.0 Å². The van der Waals surface area contributed by atoms with Gasteiger partial charge in [-0.15, -0.1) is 0 Å². The zero-order valence-electron chi connectivity index (χ0n) is 8.09. The van der Waals surface area contributed by atoms with Crippen molar-refractivity contribution < 1.29 is 4.92 Å². The Kier molecular flexibility index (Phi) is 2.36. The summed E-state index contributed by atoms with van der Waals surface area (Å²) in [6.45, 7) is 1.58. The third-order valence-corrected chi connectivity index (χ3v) is 2.42. The molecule has 1 saturated heterocycles. The molecule has 2 heterocycles. The van der Waals surface area contributed by atoms with Crippen LogP contribution in [0.3, 0.4) is 0 Å². The average Bonchev–Trinajstić information content (AvgIpc) is 2.69. The number of anilines is 2. The smallest absolute Gasteiger partial charge is 0.353 e. The van der Waals surface area contributed by atoms with Gasteiger partial charge in [-0.05, 0) is 12.8 Å². The highest BCUT2D eigenvalue weighted by Gasteiger charge is 2.26. The van der Waals surface area contributed by atoms with Gasteiger partial charge in [-0.2, -0.15) is 0 Å². The van der Waals surface area contributed by atoms with Crippen LogP contribution in [0.1, 0.15) is 12.8 Å². The highest BCUT2D eigenvalue weighted by molar-refractivity contribution is 5.68. The largest absolute Gasteiger partial charge is 0.378 e. The van der Waals surface area contributed by atoms with Crippen LogP contribution in [0.25, 0.3) is 0 Å². The molecule has 0 bridgehead atoms. The van der Waals surface area contributed by atoms with E-state index in [2.05, 4.69) is 9.97 Å². The van der Waals surface area contributed by atoms with Crippen molar-refractivity contribution in [3.8, 4) is 0 Å². The van der Waals surface area contributed by atoms with E-state index in [9.17, 15) is 10.1 Å². The Bertz CT molecular complexity index is 389. The first-order valence-electron chi connectivity index (χ1n) is 4.70. The molecule has 0 radical (unpaired) electrons. The van der Waals surface area contributed by atoms with E-state index in [0.29, 0.717) is 5.82 Å². The minimum atomic E-state index is -0.525. The van der Waals surface area contributed by atoms with Crippen LogP contribution in [0.5, 0.6) is 0 Å². The van der Waals surface area contributed by atoms with Crippen molar-refractivity contribution in [2.24, 2.45) is 0 Å². The second-order valence-electron chi connectivity index (χ2n) is 3.38. The molecular formula is C8H11N5O2. The van der Waals surface area contributed by atoms with E-state index in [4.69, 9.17) is 5.73 Å². The van der Waals surface area contributed by atoms with Gasteiger partial charge in [0.15, 0.2) is 0 Å². The number of nitrogens with zero attached hydrogens (tertiary/aromatic N) is 4. The predicted octanol–water partition coefficient (Wildman–Crippen LogP) is 0.567. The van der Waals surface area contributed by atoms with Gasteiger partial charge in [-0.1, -0.05) is 0 Å². The molecule has 0 amide bonds. The van der Waals surface area contributed by atoms with Gasteiger partial charge >= 0.3 is 5.69 Å². The molecule has 1 aromatic heterocycles. The molecule has 0 aromatic carbocycles. The maximum atomic E-state index is 10.8. The van der Waals surface area contributed by atoms with E-state index in [0.717, 1.165) is 25.9 Å². The molecular weight excluding hydrogens is 198 g/mol. The number of rotatable bonds is 2. The fourth-order valence-electron chi connectivity index (χ4n) is 1.72. The van der Waals surface area contributed by atoms with Gasteiger partial charge < -0.3 is 10.6 Å². The van der Waals surface area contributed by atoms with Crippen molar-refractivity contribution in [3.63, 3.8) is 0 Å². The monoisotopic (exact) mass is 209 g/mol. The van der Waals surface area contributed by atoms with Crippen LogP contribution >= 0.6 is 0 Å². The standard InChI is InChI=1S/C8H11N5O2/c9-7-6(13(14)15)8(11-5-10-7)12-3-1-2-4-12/h5H,1-4H2,(H2,9,10,11). The molecule has 1 aliphatic heterocycles. The molecule has 2 N–H and O–H groups in total. The second kappa shape index (κ2) is 3.68. The van der Waals surface area contributed by atoms with Gasteiger partial charge in [0.1, 0.15) is 6.33 Å². The Morgan fingerprint density at radius 2 is 2.07 bits per heavy atom. The molecule has 0 unspecified atom stereocenters. The first-order chi connectivity index (χ1) is 7.20. The van der Waals surface area contributed by atoms with Crippen LogP contribution in [0.15, 0.2) is 6.33 Å². The maximum Gasteiger partial charge on any atom is 0.353 e. The van der Waals surface area contributed by atoms with Gasteiger partial charge in [0.2, 0.25) is 11.6 Å². The van der Waals surface area contributed by atoms with Gasteiger partial charge in [0.25, 0.3) is 0 Å². The lowest BCUT2D eigenvalue weighted by molar-refractivity contribution is -0.383. The van der Waals surface area contributed by atoms with Crippen LogP contribution in [0.4, 0.5) is 17.3 Å². The zero-order valence-corrected chi connectivity index (χ0v) is 8.09. The molecule has 7 heteroatoms. The molecule has 0 saturated carbocycles. The van der Waals surface area contributed by atoms with Crippen molar-refractivity contribution in [1.82, 2.24) is 9.97 Å². The lowest BCUT2D eigenvalue weighted by Gasteiger charge is -2.15. The van der Waals surface area contributed by atoms with Crippen LogP contribution < -0.4 is 10.6 Å². The summed E-state index contributed by atoms with van der Waals surface area (Å²) in [5, 5.41) is 10.8. The van der Waals surface area contributed by atoms with Crippen molar-refractivity contribution in [1.29, 1.82) is 0 Å². The Hall–Kier alpha value is -1.92. The van der Waals surface area contributed by atoms with Gasteiger partial charge in [0, 0.05) is 13.1 Å². The summed E-state index contributed by atoms with van der Waals surface area (Å²) >= 11 is 0. The first-order valence-corrected chi connectivity index (χ1v) is 4.70. The first kappa shape index (κ1) is 9.63. The number of hydrogen-bond donors (Lipinski definition) is 1. The van der Waals surface area contributed by atoms with E-state index in [1.165, 1.54) is 6.33 Å². The van der Waals surface area contributed by atoms with E-state index >= 15 is 0 Å². The summed E-state index contributed by atoms with van der Waals surface area (Å²) in [5.41, 5.74) is 5.29. The van der Waals surface area contributed by atoms with Crippen LogP contribution in [0.2, 0.25) is 0 Å². The van der Waals surface area contributed by atoms with Crippen molar-refractivity contribution in [2.45, 2.75) is 12.8 Å². The molecule has 0 atom stereocenters. The Morgan fingerprint density at radius 3 is 2.67 bits per heavy atom. The molecule has 1 fully saturated rings. The fraction of sp³-hybridized carbons (Fsp3) is 0.500. The average molecular weight is 209 g/mol. The summed E-state index contributed by atoms with van der Waals surface area (Å²) in [5.74, 6) is 0.266. The molecule has 2 rings (SSSR count). The maximum absolute atomic E-state index is 10.8. The summed E-state index contributed by atoms with van der Waals surface area (Å²) in [6.07, 6.45) is 3.32. The molecule has 1 aliphatic rings. The lowest BCUT2D eigenvalue weighted by Crippen LogP contribution is -2.21. The molecule has 0 aliphatic carbocycles. The molecule has 7 nitrogen and oxygen atoms in total. The molecule has 0 spiro atoms. The normalized spacial score (nSPS) is 15.6. The van der Waals surface area contributed by atoms with E-state index < -0.39 is 4.92 Å². The number of nitrogen functional groups attached to an aromatic ring is 1. The molecule has 80 valence electrons. The van der Waals surface area contributed by atoms with Gasteiger partial charge in [-0.25, -0.2) is 9.97 Å². The minimum Gasteiger partial charge on any atom is -0.378 e. The number of hydrogen-bond acceptors (Lipinski definition) is 6. The molecule has 15 heavy (non-hydrogen) atoms. The summed E-state index contributed by atoms with van der Waals surface area (Å²) in [7, 11) is 0. The molecule has 1 aromatic rings. The minimum absolute atomic E-state index is 0.0723. The summed E-state index contributed by atoms with van der Waals surface area (Å²) < 4.78 is 0. The SMILES string of the molecule is Nc1ncnc(N2CCCC2)c1[N+](=O)[O-]. The summed E-state index contributed by atoms with van der Waals surface area (Å²) in [6, 6.07) is 0. The number of aromatic nitrogens is 2. The Labute approximate surface area is 86.1 Å².